The Bertz CT molecular complexity index is 408. The standard InChI is InChI=1S/C14H22FN3/c1-4-12-13(15)14(17-9-16-12)18(3)11-7-5-6-10(2)8-11/h9-11H,4-8H2,1-3H3. The first-order valence-electron chi connectivity index (χ1n) is 6.85. The first kappa shape index (κ1) is 13.2. The molecule has 4 heteroatoms. The van der Waals surface area contributed by atoms with Gasteiger partial charge in [-0.1, -0.05) is 26.7 Å². The summed E-state index contributed by atoms with van der Waals surface area (Å²) < 4.78 is 14.2. The van der Waals surface area contributed by atoms with Crippen LogP contribution in [0.4, 0.5) is 10.2 Å². The Morgan fingerprint density at radius 3 is 2.83 bits per heavy atom. The minimum atomic E-state index is -0.249. The zero-order valence-corrected chi connectivity index (χ0v) is 11.5. The second-order valence-electron chi connectivity index (χ2n) is 5.35. The molecule has 1 aromatic rings. The molecule has 1 aliphatic rings. The fourth-order valence-corrected chi connectivity index (χ4v) is 2.81. The van der Waals surface area contributed by atoms with E-state index in [0.717, 1.165) is 18.8 Å². The molecule has 1 heterocycles. The van der Waals surface area contributed by atoms with Crippen LogP contribution in [0.5, 0.6) is 0 Å². The zero-order chi connectivity index (χ0) is 13.1. The van der Waals surface area contributed by atoms with Crippen molar-refractivity contribution in [1.82, 2.24) is 9.97 Å². The third-order valence-corrected chi connectivity index (χ3v) is 3.97. The molecule has 0 bridgehead atoms. The van der Waals surface area contributed by atoms with E-state index in [2.05, 4.69) is 16.9 Å². The van der Waals surface area contributed by atoms with Crippen molar-refractivity contribution in [3.05, 3.63) is 17.8 Å². The smallest absolute Gasteiger partial charge is 0.187 e. The Morgan fingerprint density at radius 1 is 1.39 bits per heavy atom. The van der Waals surface area contributed by atoms with Gasteiger partial charge in [0, 0.05) is 13.1 Å². The van der Waals surface area contributed by atoms with Crippen LogP contribution in [0.15, 0.2) is 6.33 Å². The molecule has 1 aliphatic carbocycles. The molecule has 2 rings (SSSR count). The van der Waals surface area contributed by atoms with Crippen molar-refractivity contribution in [2.75, 3.05) is 11.9 Å². The van der Waals surface area contributed by atoms with Gasteiger partial charge in [-0.25, -0.2) is 14.4 Å². The van der Waals surface area contributed by atoms with Crippen LogP contribution in [0.25, 0.3) is 0 Å². The Kier molecular flexibility index (Phi) is 4.15. The lowest BCUT2D eigenvalue weighted by molar-refractivity contribution is 0.334. The normalized spacial score (nSPS) is 24.0. The monoisotopic (exact) mass is 251 g/mol. The van der Waals surface area contributed by atoms with Gasteiger partial charge in [0.2, 0.25) is 0 Å². The van der Waals surface area contributed by atoms with E-state index in [4.69, 9.17) is 0 Å². The van der Waals surface area contributed by atoms with Crippen molar-refractivity contribution in [3.8, 4) is 0 Å². The highest BCUT2D eigenvalue weighted by atomic mass is 19.1. The predicted molar refractivity (Wildman–Crippen MR) is 71.2 cm³/mol. The quantitative estimate of drug-likeness (QED) is 0.826. The summed E-state index contributed by atoms with van der Waals surface area (Å²) in [7, 11) is 1.95. The molecule has 18 heavy (non-hydrogen) atoms. The van der Waals surface area contributed by atoms with Gasteiger partial charge in [0.05, 0.1) is 5.69 Å². The Balaban J connectivity index is 2.20. The van der Waals surface area contributed by atoms with Gasteiger partial charge in [-0.3, -0.25) is 0 Å². The Morgan fingerprint density at radius 2 is 2.17 bits per heavy atom. The van der Waals surface area contributed by atoms with Crippen LogP contribution in [0.3, 0.4) is 0 Å². The average Bonchev–Trinajstić information content (AvgIpc) is 2.38. The van der Waals surface area contributed by atoms with Gasteiger partial charge in [0.15, 0.2) is 11.6 Å². The lowest BCUT2D eigenvalue weighted by atomic mass is 9.86. The fraction of sp³-hybridized carbons (Fsp3) is 0.714. The fourth-order valence-electron chi connectivity index (χ4n) is 2.81. The van der Waals surface area contributed by atoms with Crippen molar-refractivity contribution < 1.29 is 4.39 Å². The molecule has 0 radical (unpaired) electrons. The molecular formula is C14H22FN3. The molecule has 1 aromatic heterocycles. The number of aromatic nitrogens is 2. The molecule has 2 atom stereocenters. The third-order valence-electron chi connectivity index (χ3n) is 3.97. The summed E-state index contributed by atoms with van der Waals surface area (Å²) in [6, 6.07) is 0.405. The van der Waals surface area contributed by atoms with Crippen LogP contribution in [0.2, 0.25) is 0 Å². The topological polar surface area (TPSA) is 29.0 Å². The molecule has 0 amide bonds. The highest BCUT2D eigenvalue weighted by Crippen LogP contribution is 2.30. The molecule has 0 saturated heterocycles. The maximum Gasteiger partial charge on any atom is 0.187 e. The molecule has 0 N–H and O–H groups in total. The molecule has 0 aromatic carbocycles. The lowest BCUT2D eigenvalue weighted by Crippen LogP contribution is -2.36. The van der Waals surface area contributed by atoms with E-state index < -0.39 is 0 Å². The third kappa shape index (κ3) is 2.62. The van der Waals surface area contributed by atoms with Crippen molar-refractivity contribution in [2.24, 2.45) is 5.92 Å². The largest absolute Gasteiger partial charge is 0.354 e. The van der Waals surface area contributed by atoms with Crippen LogP contribution in [-0.2, 0) is 6.42 Å². The molecule has 0 aliphatic heterocycles. The highest BCUT2D eigenvalue weighted by molar-refractivity contribution is 5.41. The summed E-state index contributed by atoms with van der Waals surface area (Å²) in [5.74, 6) is 0.934. The van der Waals surface area contributed by atoms with Gasteiger partial charge in [-0.05, 0) is 25.2 Å². The number of hydrogen-bond donors (Lipinski definition) is 0. The highest BCUT2D eigenvalue weighted by Gasteiger charge is 2.25. The SMILES string of the molecule is CCc1ncnc(N(C)C2CCCC(C)C2)c1F. The minimum Gasteiger partial charge on any atom is -0.354 e. The first-order chi connectivity index (χ1) is 8.63. The van der Waals surface area contributed by atoms with E-state index in [9.17, 15) is 4.39 Å². The molecule has 0 spiro atoms. The Hall–Kier alpha value is -1.19. The summed E-state index contributed by atoms with van der Waals surface area (Å²) >= 11 is 0. The number of aryl methyl sites for hydroxylation is 1. The number of hydrogen-bond acceptors (Lipinski definition) is 3. The number of anilines is 1. The van der Waals surface area contributed by atoms with E-state index in [0.29, 0.717) is 24.0 Å². The summed E-state index contributed by atoms with van der Waals surface area (Å²) in [6.07, 6.45) is 6.85. The van der Waals surface area contributed by atoms with Crippen LogP contribution in [0.1, 0.15) is 45.2 Å². The van der Waals surface area contributed by atoms with Gasteiger partial charge in [-0.15, -0.1) is 0 Å². The van der Waals surface area contributed by atoms with Crippen molar-refractivity contribution >= 4 is 5.82 Å². The molecule has 100 valence electrons. The minimum absolute atomic E-state index is 0.249. The summed E-state index contributed by atoms with van der Waals surface area (Å²) in [6.45, 7) is 4.19. The number of rotatable bonds is 3. The first-order valence-corrected chi connectivity index (χ1v) is 6.85. The Labute approximate surface area is 108 Å². The lowest BCUT2D eigenvalue weighted by Gasteiger charge is -2.35. The summed E-state index contributed by atoms with van der Waals surface area (Å²) in [5, 5.41) is 0. The van der Waals surface area contributed by atoms with Crippen LogP contribution in [0, 0.1) is 11.7 Å². The summed E-state index contributed by atoms with van der Waals surface area (Å²) in [4.78, 5) is 10.1. The van der Waals surface area contributed by atoms with E-state index in [1.165, 1.54) is 19.2 Å². The van der Waals surface area contributed by atoms with Gasteiger partial charge in [0.1, 0.15) is 6.33 Å². The van der Waals surface area contributed by atoms with Crippen LogP contribution >= 0.6 is 0 Å². The maximum atomic E-state index is 14.2. The number of halogens is 1. The van der Waals surface area contributed by atoms with E-state index in [1.807, 2.05) is 18.9 Å². The van der Waals surface area contributed by atoms with Crippen LogP contribution < -0.4 is 4.90 Å². The van der Waals surface area contributed by atoms with Crippen LogP contribution in [-0.4, -0.2) is 23.1 Å². The average molecular weight is 251 g/mol. The second-order valence-corrected chi connectivity index (χ2v) is 5.35. The number of nitrogens with zero attached hydrogens (tertiary/aromatic N) is 3. The van der Waals surface area contributed by atoms with E-state index in [-0.39, 0.29) is 5.82 Å². The van der Waals surface area contributed by atoms with Gasteiger partial charge in [-0.2, -0.15) is 0 Å². The van der Waals surface area contributed by atoms with Crippen molar-refractivity contribution in [2.45, 2.75) is 52.0 Å². The van der Waals surface area contributed by atoms with Gasteiger partial charge in [0.25, 0.3) is 0 Å². The molecule has 3 nitrogen and oxygen atoms in total. The second kappa shape index (κ2) is 5.63. The maximum absolute atomic E-state index is 14.2. The molecule has 1 fully saturated rings. The molecule has 2 unspecified atom stereocenters. The van der Waals surface area contributed by atoms with E-state index >= 15 is 0 Å². The zero-order valence-electron chi connectivity index (χ0n) is 11.5. The van der Waals surface area contributed by atoms with Crippen molar-refractivity contribution in [1.29, 1.82) is 0 Å². The van der Waals surface area contributed by atoms with Gasteiger partial charge >= 0.3 is 0 Å². The van der Waals surface area contributed by atoms with Gasteiger partial charge < -0.3 is 4.90 Å². The van der Waals surface area contributed by atoms with Crippen molar-refractivity contribution in [3.63, 3.8) is 0 Å². The predicted octanol–water partition coefficient (Wildman–Crippen LogP) is 3.19. The molecular weight excluding hydrogens is 229 g/mol. The summed E-state index contributed by atoms with van der Waals surface area (Å²) in [5.41, 5.74) is 0.510. The van der Waals surface area contributed by atoms with E-state index in [1.54, 1.807) is 0 Å². The molecule has 1 saturated carbocycles.